The van der Waals surface area contributed by atoms with Gasteiger partial charge in [0, 0.05) is 6.04 Å². The predicted molar refractivity (Wildman–Crippen MR) is 78.5 cm³/mol. The lowest BCUT2D eigenvalue weighted by Gasteiger charge is -2.36. The van der Waals surface area contributed by atoms with Crippen LogP contribution in [0.4, 0.5) is 0 Å². The first-order valence-electron chi connectivity index (χ1n) is 7.33. The maximum absolute atomic E-state index is 6.11. The molecule has 0 amide bonds. The van der Waals surface area contributed by atoms with Gasteiger partial charge < -0.3 is 10.1 Å². The molecule has 2 nitrogen and oxygen atoms in total. The Hall–Kier alpha value is -0.760. The average Bonchev–Trinajstić information content (AvgIpc) is 2.33. The van der Waals surface area contributed by atoms with E-state index in [0.29, 0.717) is 18.1 Å². The first-order valence-corrected chi connectivity index (χ1v) is 7.33. The minimum Gasteiger partial charge on any atom is -0.495 e. The fraction of sp³-hybridized carbons (Fsp3) is 0.750. The van der Waals surface area contributed by atoms with Crippen LogP contribution in [0.3, 0.4) is 0 Å². The average molecular weight is 251 g/mol. The molecule has 1 rings (SSSR count). The van der Waals surface area contributed by atoms with E-state index in [1.807, 2.05) is 7.05 Å². The fourth-order valence-corrected chi connectivity index (χ4v) is 2.66. The summed E-state index contributed by atoms with van der Waals surface area (Å²) in [7, 11) is 2.03. The third kappa shape index (κ3) is 3.88. The van der Waals surface area contributed by atoms with Gasteiger partial charge in [-0.1, -0.05) is 26.0 Å². The van der Waals surface area contributed by atoms with Crippen molar-refractivity contribution in [3.05, 3.63) is 23.5 Å². The molecule has 1 fully saturated rings. The van der Waals surface area contributed by atoms with Crippen molar-refractivity contribution in [2.24, 2.45) is 5.92 Å². The molecule has 0 aromatic heterocycles. The molecule has 18 heavy (non-hydrogen) atoms. The van der Waals surface area contributed by atoms with E-state index in [2.05, 4.69) is 45.2 Å². The quantitative estimate of drug-likeness (QED) is 0.544. The molecule has 0 spiro atoms. The van der Waals surface area contributed by atoms with Crippen LogP contribution in [-0.2, 0) is 4.74 Å². The van der Waals surface area contributed by atoms with Crippen LogP contribution >= 0.6 is 0 Å². The van der Waals surface area contributed by atoms with Gasteiger partial charge in [0.05, 0.1) is 5.76 Å². The molecule has 2 heteroatoms. The second-order valence-corrected chi connectivity index (χ2v) is 5.22. The highest BCUT2D eigenvalue weighted by atomic mass is 16.5. The highest BCUT2D eigenvalue weighted by Gasteiger charge is 2.30. The Balaban J connectivity index is 2.66. The highest BCUT2D eigenvalue weighted by molar-refractivity contribution is 5.24. The Kier molecular flexibility index (Phi) is 6.48. The minimum atomic E-state index is 0.414. The first kappa shape index (κ1) is 15.3. The molecule has 0 heterocycles. The number of nitrogens with one attached hydrogen (secondary N) is 1. The minimum absolute atomic E-state index is 0.414. The van der Waals surface area contributed by atoms with Crippen molar-refractivity contribution in [2.45, 2.75) is 65.5 Å². The molecule has 0 aromatic rings. The summed E-state index contributed by atoms with van der Waals surface area (Å²) in [6, 6.07) is 0.654. The van der Waals surface area contributed by atoms with Crippen molar-refractivity contribution in [3.8, 4) is 0 Å². The van der Waals surface area contributed by atoms with E-state index >= 15 is 0 Å². The van der Waals surface area contributed by atoms with E-state index in [9.17, 15) is 0 Å². The summed E-state index contributed by atoms with van der Waals surface area (Å²) in [6.45, 7) is 8.72. The zero-order chi connectivity index (χ0) is 13.5. The molecule has 0 atom stereocenters. The molecule has 0 saturated heterocycles. The van der Waals surface area contributed by atoms with Gasteiger partial charge in [-0.25, -0.2) is 0 Å². The number of ether oxygens (including phenoxy) is 1. The van der Waals surface area contributed by atoms with Crippen molar-refractivity contribution >= 4 is 0 Å². The van der Waals surface area contributed by atoms with Crippen LogP contribution in [-0.4, -0.2) is 19.2 Å². The number of hydrogen-bond donors (Lipinski definition) is 1. The zero-order valence-corrected chi connectivity index (χ0v) is 12.6. The Morgan fingerprint density at radius 2 is 1.94 bits per heavy atom. The van der Waals surface area contributed by atoms with Gasteiger partial charge in [0.15, 0.2) is 0 Å². The molecule has 0 aliphatic heterocycles. The van der Waals surface area contributed by atoms with Crippen LogP contribution in [0.2, 0.25) is 0 Å². The lowest BCUT2D eigenvalue weighted by atomic mass is 9.88. The van der Waals surface area contributed by atoms with Crippen molar-refractivity contribution in [3.63, 3.8) is 0 Å². The van der Waals surface area contributed by atoms with Gasteiger partial charge in [-0.05, 0) is 58.1 Å². The Labute approximate surface area is 112 Å². The second-order valence-electron chi connectivity index (χ2n) is 5.22. The van der Waals surface area contributed by atoms with Crippen LogP contribution in [0.25, 0.3) is 0 Å². The molecule has 1 N–H and O–H groups in total. The van der Waals surface area contributed by atoms with Gasteiger partial charge in [-0.15, -0.1) is 0 Å². The van der Waals surface area contributed by atoms with Gasteiger partial charge in [-0.2, -0.15) is 0 Å². The van der Waals surface area contributed by atoms with Gasteiger partial charge >= 0.3 is 0 Å². The van der Waals surface area contributed by atoms with Gasteiger partial charge in [0.2, 0.25) is 0 Å². The fourth-order valence-electron chi connectivity index (χ4n) is 2.66. The maximum atomic E-state index is 6.11. The monoisotopic (exact) mass is 251 g/mol. The topological polar surface area (TPSA) is 21.3 Å². The number of hydrogen-bond acceptors (Lipinski definition) is 2. The summed E-state index contributed by atoms with van der Waals surface area (Å²) in [5.41, 5.74) is 1.38. The first-order chi connectivity index (χ1) is 8.65. The van der Waals surface area contributed by atoms with Crippen LogP contribution in [0, 0.1) is 5.92 Å². The Bertz CT molecular complexity index is 296. The molecule has 1 aliphatic carbocycles. The Morgan fingerprint density at radius 1 is 1.33 bits per heavy atom. The lowest BCUT2D eigenvalue weighted by Crippen LogP contribution is -2.43. The van der Waals surface area contributed by atoms with Crippen LogP contribution < -0.4 is 5.32 Å². The molecular formula is C16H29NO. The molecule has 0 unspecified atom stereocenters. The SMILES string of the molecule is C/C=C\C(=C(/C)OC1CC(NC)C1)C(CC)CC. The molecule has 104 valence electrons. The molecule has 1 saturated carbocycles. The number of rotatable bonds is 7. The van der Waals surface area contributed by atoms with E-state index in [1.54, 1.807) is 0 Å². The third-order valence-corrected chi connectivity index (χ3v) is 4.02. The number of allylic oxidation sites excluding steroid dienone is 4. The predicted octanol–water partition coefficient (Wildman–Crippen LogP) is 4.04. The Morgan fingerprint density at radius 3 is 2.39 bits per heavy atom. The molecule has 0 bridgehead atoms. The van der Waals surface area contributed by atoms with Crippen molar-refractivity contribution < 1.29 is 4.74 Å². The largest absolute Gasteiger partial charge is 0.495 e. The van der Waals surface area contributed by atoms with E-state index < -0.39 is 0 Å². The van der Waals surface area contributed by atoms with Crippen molar-refractivity contribution in [1.82, 2.24) is 5.32 Å². The standard InChI is InChI=1S/C16H29NO/c1-6-9-16(13(7-2)8-3)12(4)18-15-10-14(11-15)17-5/h6,9,13-15,17H,7-8,10-11H2,1-5H3/b9-6-,16-12-. The molecule has 0 aromatic carbocycles. The van der Waals surface area contributed by atoms with Crippen molar-refractivity contribution in [1.29, 1.82) is 0 Å². The second kappa shape index (κ2) is 7.63. The normalized spacial score (nSPS) is 25.2. The molecule has 0 radical (unpaired) electrons. The summed E-state index contributed by atoms with van der Waals surface area (Å²) in [5, 5.41) is 3.29. The summed E-state index contributed by atoms with van der Waals surface area (Å²) in [6.07, 6.45) is 9.40. The van der Waals surface area contributed by atoms with Crippen LogP contribution in [0.1, 0.15) is 53.4 Å². The maximum Gasteiger partial charge on any atom is 0.101 e. The van der Waals surface area contributed by atoms with Gasteiger partial charge in [0.1, 0.15) is 6.10 Å². The molecular weight excluding hydrogens is 222 g/mol. The van der Waals surface area contributed by atoms with Gasteiger partial charge in [0.25, 0.3) is 0 Å². The van der Waals surface area contributed by atoms with Crippen molar-refractivity contribution in [2.75, 3.05) is 7.05 Å². The van der Waals surface area contributed by atoms with E-state index in [-0.39, 0.29) is 0 Å². The zero-order valence-electron chi connectivity index (χ0n) is 12.6. The van der Waals surface area contributed by atoms with E-state index in [4.69, 9.17) is 4.74 Å². The van der Waals surface area contributed by atoms with Crippen LogP contribution in [0.15, 0.2) is 23.5 Å². The van der Waals surface area contributed by atoms with E-state index in [1.165, 1.54) is 18.4 Å². The van der Waals surface area contributed by atoms with Gasteiger partial charge in [-0.3, -0.25) is 0 Å². The molecule has 1 aliphatic rings. The summed E-state index contributed by atoms with van der Waals surface area (Å²) < 4.78 is 6.11. The highest BCUT2D eigenvalue weighted by Crippen LogP contribution is 2.29. The summed E-state index contributed by atoms with van der Waals surface area (Å²) in [5.74, 6) is 1.75. The van der Waals surface area contributed by atoms with E-state index in [0.717, 1.165) is 18.6 Å². The lowest BCUT2D eigenvalue weighted by molar-refractivity contribution is 0.0284. The third-order valence-electron chi connectivity index (χ3n) is 4.02. The summed E-state index contributed by atoms with van der Waals surface area (Å²) >= 11 is 0. The van der Waals surface area contributed by atoms with Crippen LogP contribution in [0.5, 0.6) is 0 Å². The summed E-state index contributed by atoms with van der Waals surface area (Å²) in [4.78, 5) is 0. The smallest absolute Gasteiger partial charge is 0.101 e.